The van der Waals surface area contributed by atoms with Crippen molar-refractivity contribution < 1.29 is 0 Å². The smallest absolute Gasteiger partial charge is 0.251 e. The van der Waals surface area contributed by atoms with E-state index in [9.17, 15) is 4.79 Å². The molecule has 0 spiro atoms. The van der Waals surface area contributed by atoms with Crippen LogP contribution >= 0.6 is 0 Å². The van der Waals surface area contributed by atoms with Crippen molar-refractivity contribution in [1.82, 2.24) is 24.6 Å². The Morgan fingerprint density at radius 1 is 1.44 bits per heavy atom. The van der Waals surface area contributed by atoms with E-state index in [1.807, 2.05) is 27.3 Å². The van der Waals surface area contributed by atoms with Crippen molar-refractivity contribution in [1.29, 1.82) is 0 Å². The maximum absolute atomic E-state index is 11.6. The Morgan fingerprint density at radius 2 is 2.22 bits per heavy atom. The lowest BCUT2D eigenvalue weighted by molar-refractivity contribution is 0.409. The van der Waals surface area contributed by atoms with E-state index in [4.69, 9.17) is 0 Å². The number of hydrogen-bond acceptors (Lipinski definition) is 4. The van der Waals surface area contributed by atoms with Gasteiger partial charge in [-0.15, -0.1) is 0 Å². The third kappa shape index (κ3) is 3.04. The first-order chi connectivity index (χ1) is 8.54. The molecule has 0 amide bonds. The Bertz CT molecular complexity index is 584. The predicted octanol–water partition coefficient (Wildman–Crippen LogP) is 0.274. The first-order valence-electron chi connectivity index (χ1n) is 5.78. The molecule has 96 valence electrons. The summed E-state index contributed by atoms with van der Waals surface area (Å²) in [6.45, 7) is 0.847. The van der Waals surface area contributed by atoms with E-state index in [-0.39, 0.29) is 5.56 Å². The molecule has 6 nitrogen and oxygen atoms in total. The predicted molar refractivity (Wildman–Crippen MR) is 69.3 cm³/mol. The van der Waals surface area contributed by atoms with E-state index in [1.54, 1.807) is 10.9 Å². The Balaban J connectivity index is 2.29. The molecule has 6 heteroatoms. The Kier molecular flexibility index (Phi) is 3.57. The minimum Gasteiger partial charge on any atom is -0.310 e. The van der Waals surface area contributed by atoms with Crippen LogP contribution in [0.1, 0.15) is 5.82 Å². The quantitative estimate of drug-likeness (QED) is 0.842. The number of H-pyrrole nitrogens is 1. The first-order valence-corrected chi connectivity index (χ1v) is 5.78. The molecule has 0 fully saturated rings. The third-order valence-electron chi connectivity index (χ3n) is 2.59. The molecule has 2 aromatic rings. The van der Waals surface area contributed by atoms with Gasteiger partial charge in [-0.3, -0.25) is 9.48 Å². The summed E-state index contributed by atoms with van der Waals surface area (Å²) in [5.41, 5.74) is 1.40. The van der Waals surface area contributed by atoms with Crippen molar-refractivity contribution in [2.24, 2.45) is 7.05 Å². The number of rotatable bonds is 4. The number of nitrogens with zero attached hydrogens (tertiary/aromatic N) is 4. The van der Waals surface area contributed by atoms with Gasteiger partial charge in [0.05, 0.1) is 11.9 Å². The number of hydrogen-bond donors (Lipinski definition) is 1. The van der Waals surface area contributed by atoms with E-state index in [0.29, 0.717) is 11.5 Å². The number of likely N-dealkylation sites (N-methyl/N-ethyl adjacent to an activating group) is 1. The highest BCUT2D eigenvalue weighted by Gasteiger charge is 2.06. The fourth-order valence-corrected chi connectivity index (χ4v) is 1.66. The number of aromatic amines is 1. The van der Waals surface area contributed by atoms with Gasteiger partial charge in [0.25, 0.3) is 5.56 Å². The Morgan fingerprint density at radius 3 is 2.83 bits per heavy atom. The second-order valence-corrected chi connectivity index (χ2v) is 4.53. The van der Waals surface area contributed by atoms with Gasteiger partial charge in [-0.2, -0.15) is 5.10 Å². The fourth-order valence-electron chi connectivity index (χ4n) is 1.66. The fraction of sp³-hybridized carbons (Fsp3) is 0.417. The lowest BCUT2D eigenvalue weighted by Crippen LogP contribution is -2.19. The van der Waals surface area contributed by atoms with E-state index < -0.39 is 0 Å². The highest BCUT2D eigenvalue weighted by Crippen LogP contribution is 2.13. The maximum atomic E-state index is 11.6. The van der Waals surface area contributed by atoms with Crippen LogP contribution in [0, 0.1) is 0 Å². The van der Waals surface area contributed by atoms with Crippen LogP contribution in [-0.2, 0) is 13.5 Å². The second kappa shape index (κ2) is 5.14. The molecular weight excluding hydrogens is 230 g/mol. The molecule has 0 bridgehead atoms. The average Bonchev–Trinajstić information content (AvgIpc) is 2.72. The Hall–Kier alpha value is -1.95. The zero-order valence-corrected chi connectivity index (χ0v) is 10.8. The van der Waals surface area contributed by atoms with E-state index in [1.165, 1.54) is 6.07 Å². The summed E-state index contributed by atoms with van der Waals surface area (Å²) in [5, 5.41) is 4.08. The molecule has 0 aromatic carbocycles. The summed E-state index contributed by atoms with van der Waals surface area (Å²) < 4.78 is 1.69. The van der Waals surface area contributed by atoms with Gasteiger partial charge < -0.3 is 9.88 Å². The number of nitrogens with one attached hydrogen (secondary N) is 1. The molecule has 0 unspecified atom stereocenters. The van der Waals surface area contributed by atoms with Gasteiger partial charge in [-0.05, 0) is 14.1 Å². The van der Waals surface area contributed by atoms with Gasteiger partial charge in [0.15, 0.2) is 0 Å². The largest absolute Gasteiger partial charge is 0.310 e. The molecule has 0 saturated carbocycles. The highest BCUT2D eigenvalue weighted by molar-refractivity contribution is 5.56. The van der Waals surface area contributed by atoms with Crippen LogP contribution in [0.4, 0.5) is 0 Å². The van der Waals surface area contributed by atoms with Crippen LogP contribution in [0.5, 0.6) is 0 Å². The molecule has 1 N–H and O–H groups in total. The normalized spacial score (nSPS) is 11.1. The minimum atomic E-state index is -0.127. The highest BCUT2D eigenvalue weighted by atomic mass is 16.1. The van der Waals surface area contributed by atoms with Crippen molar-refractivity contribution >= 4 is 0 Å². The first kappa shape index (κ1) is 12.5. The van der Waals surface area contributed by atoms with Gasteiger partial charge in [-0.1, -0.05) is 0 Å². The zero-order chi connectivity index (χ0) is 13.1. The van der Waals surface area contributed by atoms with Crippen LogP contribution in [0.15, 0.2) is 23.3 Å². The molecule has 0 aliphatic heterocycles. The molecule has 0 aliphatic carbocycles. The summed E-state index contributed by atoms with van der Waals surface area (Å²) in [4.78, 5) is 20.9. The monoisotopic (exact) mass is 247 g/mol. The molecule has 0 atom stereocenters. The summed E-state index contributed by atoms with van der Waals surface area (Å²) in [7, 11) is 5.82. The third-order valence-corrected chi connectivity index (χ3v) is 2.59. The molecule has 0 aliphatic rings. The van der Waals surface area contributed by atoms with Gasteiger partial charge in [0.2, 0.25) is 0 Å². The number of aromatic nitrogens is 4. The molecule has 0 saturated heterocycles. The van der Waals surface area contributed by atoms with Crippen molar-refractivity contribution in [3.8, 4) is 11.3 Å². The number of aryl methyl sites for hydroxylation is 1. The van der Waals surface area contributed by atoms with Crippen LogP contribution in [0.25, 0.3) is 11.3 Å². The molecular formula is C12H17N5O. The summed E-state index contributed by atoms with van der Waals surface area (Å²) in [5.74, 6) is 0.704. The second-order valence-electron chi connectivity index (χ2n) is 4.53. The summed E-state index contributed by atoms with van der Waals surface area (Å²) >= 11 is 0. The summed E-state index contributed by atoms with van der Waals surface area (Å²) in [6.07, 6.45) is 4.27. The van der Waals surface area contributed by atoms with Crippen molar-refractivity contribution in [2.75, 3.05) is 20.6 Å². The van der Waals surface area contributed by atoms with Crippen molar-refractivity contribution in [3.05, 3.63) is 34.6 Å². The molecule has 2 heterocycles. The van der Waals surface area contributed by atoms with Crippen LogP contribution < -0.4 is 5.56 Å². The van der Waals surface area contributed by atoms with Crippen LogP contribution in [0.3, 0.4) is 0 Å². The standard InChI is InChI=1S/C12H17N5O/c1-16(2)5-4-11-14-10(6-12(18)15-11)9-7-13-17(3)8-9/h6-8H,4-5H2,1-3H3,(H,14,15,18). The molecule has 0 radical (unpaired) electrons. The van der Waals surface area contributed by atoms with Gasteiger partial charge in [0.1, 0.15) is 5.82 Å². The Labute approximate surface area is 105 Å². The van der Waals surface area contributed by atoms with Crippen LogP contribution in [0.2, 0.25) is 0 Å². The van der Waals surface area contributed by atoms with E-state index >= 15 is 0 Å². The van der Waals surface area contributed by atoms with E-state index in [2.05, 4.69) is 20.0 Å². The van der Waals surface area contributed by atoms with Crippen molar-refractivity contribution in [3.63, 3.8) is 0 Å². The van der Waals surface area contributed by atoms with Crippen molar-refractivity contribution in [2.45, 2.75) is 6.42 Å². The SMILES string of the molecule is CN(C)CCc1nc(-c2cnn(C)c2)cc(=O)[nH]1. The van der Waals surface area contributed by atoms with Gasteiger partial charge in [-0.25, -0.2) is 4.98 Å². The minimum absolute atomic E-state index is 0.127. The molecule has 18 heavy (non-hydrogen) atoms. The zero-order valence-electron chi connectivity index (χ0n) is 10.8. The topological polar surface area (TPSA) is 66.8 Å². The molecule has 2 aromatic heterocycles. The van der Waals surface area contributed by atoms with Gasteiger partial charge >= 0.3 is 0 Å². The maximum Gasteiger partial charge on any atom is 0.251 e. The lowest BCUT2D eigenvalue weighted by Gasteiger charge is -2.08. The van der Waals surface area contributed by atoms with Gasteiger partial charge in [0, 0.05) is 37.8 Å². The van der Waals surface area contributed by atoms with E-state index in [0.717, 1.165) is 18.5 Å². The molecule has 2 rings (SSSR count). The van der Waals surface area contributed by atoms with Crippen LogP contribution in [-0.4, -0.2) is 45.3 Å². The summed E-state index contributed by atoms with van der Waals surface area (Å²) in [6, 6.07) is 1.50. The lowest BCUT2D eigenvalue weighted by atomic mass is 10.2. The average molecular weight is 247 g/mol.